The molecule has 2 N–H and O–H groups in total. The molecule has 0 aliphatic carbocycles. The van der Waals surface area contributed by atoms with Gasteiger partial charge >= 0.3 is 0 Å². The first-order valence-corrected chi connectivity index (χ1v) is 17.1. The normalized spacial score (nSPS) is 28.1. The van der Waals surface area contributed by atoms with Gasteiger partial charge in [0.15, 0.2) is 0 Å². The monoisotopic (exact) mass is 633 g/mol. The Morgan fingerprint density at radius 1 is 0.614 bits per heavy atom. The number of sulfonamides is 2. The molecule has 0 aromatic heterocycles. The summed E-state index contributed by atoms with van der Waals surface area (Å²) >= 11 is 0. The minimum Gasteiger partial charge on any atom is -0.355 e. The van der Waals surface area contributed by atoms with Gasteiger partial charge in [-0.25, -0.2) is 21.7 Å². The number of hydrogen-bond donors (Lipinski definition) is 2. The zero-order chi connectivity index (χ0) is 30.7. The second kappa shape index (κ2) is 10.4. The van der Waals surface area contributed by atoms with Crippen LogP contribution in [-0.2, 0) is 45.5 Å². The topological polar surface area (TPSA) is 123 Å². The van der Waals surface area contributed by atoms with Crippen LogP contribution in [0.1, 0.15) is 25.0 Å². The number of anilines is 2. The highest BCUT2D eigenvalue weighted by Gasteiger charge is 2.68. The van der Waals surface area contributed by atoms with Crippen LogP contribution in [0.15, 0.2) is 119 Å². The molecular weight excluding hydrogens is 603 g/mol. The lowest BCUT2D eigenvalue weighted by Gasteiger charge is -2.33. The van der Waals surface area contributed by atoms with Crippen LogP contribution in [-0.4, -0.2) is 47.0 Å². The van der Waals surface area contributed by atoms with Crippen molar-refractivity contribution in [3.8, 4) is 0 Å². The molecule has 0 radical (unpaired) electrons. The Labute approximate surface area is 256 Å². The van der Waals surface area contributed by atoms with Crippen LogP contribution < -0.4 is 9.44 Å². The first-order chi connectivity index (χ1) is 21.0. The molecule has 0 amide bonds. The van der Waals surface area contributed by atoms with Crippen LogP contribution in [0.4, 0.5) is 11.4 Å². The summed E-state index contributed by atoms with van der Waals surface area (Å²) in [5.41, 5.74) is 0.780. The van der Waals surface area contributed by atoms with E-state index in [4.69, 9.17) is 14.2 Å². The van der Waals surface area contributed by atoms with Gasteiger partial charge in [-0.05, 0) is 73.5 Å². The lowest BCUT2D eigenvalue weighted by molar-refractivity contribution is -0.138. The number of rotatable bonds is 8. The van der Waals surface area contributed by atoms with Gasteiger partial charge in [0.1, 0.15) is 29.9 Å². The van der Waals surface area contributed by atoms with E-state index in [9.17, 15) is 16.8 Å². The van der Waals surface area contributed by atoms with Crippen LogP contribution in [0, 0.1) is 0 Å². The molecule has 4 aromatic rings. The Kier molecular flexibility index (Phi) is 6.85. The second-order valence-electron chi connectivity index (χ2n) is 11.4. The minimum absolute atomic E-state index is 0.183. The largest absolute Gasteiger partial charge is 0.355 e. The summed E-state index contributed by atoms with van der Waals surface area (Å²) in [6, 6.07) is 30.6. The summed E-state index contributed by atoms with van der Waals surface area (Å²) < 4.78 is 75.9. The number of benzene rings is 4. The molecule has 4 aromatic carbocycles. The molecule has 0 saturated carbocycles. The fourth-order valence-electron chi connectivity index (χ4n) is 6.18. The highest BCUT2D eigenvalue weighted by molar-refractivity contribution is 7.93. The molecule has 3 fully saturated rings. The maximum absolute atomic E-state index is 12.8. The molecule has 5 atom stereocenters. The number of hydrogen-bond acceptors (Lipinski definition) is 8. The molecule has 0 unspecified atom stereocenters. The third kappa shape index (κ3) is 4.78. The average molecular weight is 634 g/mol. The van der Waals surface area contributed by atoms with E-state index in [1.54, 1.807) is 84.9 Å². The van der Waals surface area contributed by atoms with Crippen molar-refractivity contribution in [2.75, 3.05) is 16.1 Å². The average Bonchev–Trinajstić information content (AvgIpc) is 3.67. The molecule has 3 aliphatic heterocycles. The SMILES string of the molecule is C[C@@]1(c2ccc(NS(=O)(=O)c3ccccc3)cc2)O[C@H]2CO[C@@H]3N2[C@H]1O[C@@]3(C)c1ccc(NS(=O)(=O)c2ccccc2)cc1. The molecule has 0 bridgehead atoms. The summed E-state index contributed by atoms with van der Waals surface area (Å²) in [6.45, 7) is 4.28. The number of nitrogens with one attached hydrogen (secondary N) is 2. The summed E-state index contributed by atoms with van der Waals surface area (Å²) in [4.78, 5) is 2.46. The van der Waals surface area contributed by atoms with E-state index in [2.05, 4.69) is 14.3 Å². The van der Waals surface area contributed by atoms with Gasteiger partial charge in [0, 0.05) is 11.4 Å². The quantitative estimate of drug-likeness (QED) is 0.284. The fraction of sp³-hybridized carbons (Fsp3) is 0.250. The van der Waals surface area contributed by atoms with Gasteiger partial charge in [0.2, 0.25) is 0 Å². The molecule has 3 aliphatic rings. The van der Waals surface area contributed by atoms with E-state index < -0.39 is 43.7 Å². The van der Waals surface area contributed by atoms with Crippen molar-refractivity contribution in [3.63, 3.8) is 0 Å². The van der Waals surface area contributed by atoms with Gasteiger partial charge in [-0.1, -0.05) is 60.7 Å². The van der Waals surface area contributed by atoms with E-state index in [-0.39, 0.29) is 16.0 Å². The molecule has 7 rings (SSSR count). The molecule has 44 heavy (non-hydrogen) atoms. The molecule has 3 saturated heterocycles. The predicted molar refractivity (Wildman–Crippen MR) is 163 cm³/mol. The van der Waals surface area contributed by atoms with Gasteiger partial charge in [0.05, 0.1) is 16.4 Å². The first kappa shape index (κ1) is 29.0. The summed E-state index contributed by atoms with van der Waals surface area (Å²) in [5.74, 6) is 0. The summed E-state index contributed by atoms with van der Waals surface area (Å²) in [6.07, 6.45) is -1.25. The third-order valence-electron chi connectivity index (χ3n) is 8.48. The zero-order valence-electron chi connectivity index (χ0n) is 24.0. The second-order valence-corrected chi connectivity index (χ2v) is 14.7. The van der Waals surface area contributed by atoms with Gasteiger partial charge in [-0.3, -0.25) is 9.44 Å². The Morgan fingerprint density at radius 2 is 1.05 bits per heavy atom. The van der Waals surface area contributed by atoms with Gasteiger partial charge < -0.3 is 14.2 Å². The van der Waals surface area contributed by atoms with Crippen molar-refractivity contribution >= 4 is 31.4 Å². The summed E-state index contributed by atoms with van der Waals surface area (Å²) in [7, 11) is -7.45. The predicted octanol–water partition coefficient (Wildman–Crippen LogP) is 4.79. The molecule has 228 valence electrons. The molecule has 0 spiro atoms. The standard InChI is InChI=1S/C32H31N3O7S2/c1-31(22-13-17-24(18-14-22)33-43(36,37)26-9-5-3-6-10-26)29-35-28(21-40-29)41-32(2,30(35)42-31)23-15-19-25(20-16-23)34-44(38,39)27-11-7-4-8-12-27/h3-20,28-30,33-34H,21H2,1-2H3/t28-,29-,30-,31-,32-/m0/s1. The van der Waals surface area contributed by atoms with Crippen molar-refractivity contribution in [1.82, 2.24) is 4.90 Å². The van der Waals surface area contributed by atoms with Gasteiger partial charge in [-0.15, -0.1) is 0 Å². The Hall–Kier alpha value is -3.78. The lowest BCUT2D eigenvalue weighted by atomic mass is 9.93. The van der Waals surface area contributed by atoms with Crippen molar-refractivity contribution in [2.24, 2.45) is 0 Å². The van der Waals surface area contributed by atoms with Crippen molar-refractivity contribution < 1.29 is 31.0 Å². The van der Waals surface area contributed by atoms with Crippen LogP contribution in [0.5, 0.6) is 0 Å². The van der Waals surface area contributed by atoms with Gasteiger partial charge in [-0.2, -0.15) is 0 Å². The zero-order valence-corrected chi connectivity index (χ0v) is 25.6. The molecule has 3 heterocycles. The van der Waals surface area contributed by atoms with E-state index in [0.717, 1.165) is 11.1 Å². The van der Waals surface area contributed by atoms with Crippen LogP contribution in [0.3, 0.4) is 0 Å². The summed E-state index contributed by atoms with van der Waals surface area (Å²) in [5, 5.41) is 0. The van der Waals surface area contributed by atoms with E-state index >= 15 is 0 Å². The Bertz CT molecular complexity index is 1780. The Balaban J connectivity index is 1.11. The molecule has 12 heteroatoms. The van der Waals surface area contributed by atoms with Crippen LogP contribution >= 0.6 is 0 Å². The lowest BCUT2D eigenvalue weighted by Crippen LogP contribution is -2.40. The molecular formula is C32H31N3O7S2. The van der Waals surface area contributed by atoms with Crippen molar-refractivity contribution in [3.05, 3.63) is 120 Å². The van der Waals surface area contributed by atoms with E-state index in [1.807, 2.05) is 38.1 Å². The van der Waals surface area contributed by atoms with Gasteiger partial charge in [0.25, 0.3) is 20.0 Å². The van der Waals surface area contributed by atoms with Crippen molar-refractivity contribution in [2.45, 2.75) is 53.5 Å². The maximum atomic E-state index is 12.8. The third-order valence-corrected chi connectivity index (χ3v) is 11.3. The Morgan fingerprint density at radius 3 is 1.50 bits per heavy atom. The fourth-order valence-corrected chi connectivity index (χ4v) is 8.34. The highest BCUT2D eigenvalue weighted by Crippen LogP contribution is 2.55. The first-order valence-electron chi connectivity index (χ1n) is 14.1. The number of ether oxygens (including phenoxy) is 3. The number of nitrogens with zero attached hydrogens (tertiary/aromatic N) is 1. The molecule has 10 nitrogen and oxygen atoms in total. The van der Waals surface area contributed by atoms with E-state index in [0.29, 0.717) is 18.0 Å². The smallest absolute Gasteiger partial charge is 0.261 e. The van der Waals surface area contributed by atoms with Crippen LogP contribution in [0.25, 0.3) is 0 Å². The maximum Gasteiger partial charge on any atom is 0.261 e. The van der Waals surface area contributed by atoms with E-state index in [1.165, 1.54) is 0 Å². The highest BCUT2D eigenvalue weighted by atomic mass is 32.2. The minimum atomic E-state index is -3.72. The van der Waals surface area contributed by atoms with Crippen LogP contribution in [0.2, 0.25) is 0 Å². The van der Waals surface area contributed by atoms with Crippen molar-refractivity contribution in [1.29, 1.82) is 0 Å².